The average Bonchev–Trinajstić information content (AvgIpc) is 3.44. The minimum absolute atomic E-state index is 0.190. The van der Waals surface area contributed by atoms with Gasteiger partial charge in [0.05, 0.1) is 12.0 Å². The van der Waals surface area contributed by atoms with Gasteiger partial charge in [0.25, 0.3) is 11.1 Å². The van der Waals surface area contributed by atoms with Crippen molar-refractivity contribution < 1.29 is 23.9 Å². The number of carbonyl (C=O) groups excluding carboxylic acids is 3. The first-order chi connectivity index (χ1) is 15.9. The Kier molecular flexibility index (Phi) is 7.39. The molecule has 2 aliphatic rings. The van der Waals surface area contributed by atoms with Crippen LogP contribution < -0.4 is 9.47 Å². The SMILES string of the molecule is COc1cc(/C=C2\SC(=O)N(CC(=O)N3CCCC3)C2=O)ccc1OCc1ccc(Br)cc1. The van der Waals surface area contributed by atoms with Crippen LogP contribution in [0, 0.1) is 0 Å². The molecular formula is C24H23BrN2O5S. The van der Waals surface area contributed by atoms with E-state index in [0.717, 1.165) is 39.5 Å². The number of halogens is 1. The molecular weight excluding hydrogens is 508 g/mol. The number of nitrogens with zero attached hydrogens (tertiary/aromatic N) is 2. The van der Waals surface area contributed by atoms with Crippen LogP contribution in [0.3, 0.4) is 0 Å². The monoisotopic (exact) mass is 530 g/mol. The van der Waals surface area contributed by atoms with Crippen LogP contribution in [-0.4, -0.2) is 53.6 Å². The highest BCUT2D eigenvalue weighted by Crippen LogP contribution is 2.35. The number of hydrogen-bond acceptors (Lipinski definition) is 6. The molecule has 2 saturated heterocycles. The van der Waals surface area contributed by atoms with Crippen LogP contribution in [0.5, 0.6) is 11.5 Å². The molecule has 0 radical (unpaired) electrons. The summed E-state index contributed by atoms with van der Waals surface area (Å²) in [6, 6.07) is 13.1. The molecule has 172 valence electrons. The molecule has 33 heavy (non-hydrogen) atoms. The Labute approximate surface area is 204 Å². The van der Waals surface area contributed by atoms with E-state index in [1.165, 1.54) is 0 Å². The number of rotatable bonds is 7. The number of ether oxygens (including phenoxy) is 2. The molecule has 7 nitrogen and oxygen atoms in total. The van der Waals surface area contributed by atoms with E-state index in [4.69, 9.17) is 9.47 Å². The van der Waals surface area contributed by atoms with Gasteiger partial charge in [0.1, 0.15) is 13.2 Å². The van der Waals surface area contributed by atoms with E-state index in [0.29, 0.717) is 36.8 Å². The lowest BCUT2D eigenvalue weighted by molar-refractivity contribution is -0.135. The van der Waals surface area contributed by atoms with Gasteiger partial charge in [-0.3, -0.25) is 19.3 Å². The normalized spacial score (nSPS) is 17.2. The molecule has 0 saturated carbocycles. The van der Waals surface area contributed by atoms with E-state index < -0.39 is 11.1 Å². The zero-order chi connectivity index (χ0) is 23.4. The summed E-state index contributed by atoms with van der Waals surface area (Å²) in [5, 5.41) is -0.430. The van der Waals surface area contributed by atoms with Crippen LogP contribution in [-0.2, 0) is 16.2 Å². The number of methoxy groups -OCH3 is 1. The van der Waals surface area contributed by atoms with Crippen LogP contribution >= 0.6 is 27.7 Å². The Balaban J connectivity index is 1.44. The smallest absolute Gasteiger partial charge is 0.294 e. The fraction of sp³-hybridized carbons (Fsp3) is 0.292. The highest BCUT2D eigenvalue weighted by molar-refractivity contribution is 9.10. The number of carbonyl (C=O) groups is 3. The quantitative estimate of drug-likeness (QED) is 0.483. The van der Waals surface area contributed by atoms with Crippen LogP contribution in [0.2, 0.25) is 0 Å². The van der Waals surface area contributed by atoms with Gasteiger partial charge in [-0.05, 0) is 66.1 Å². The molecule has 2 heterocycles. The van der Waals surface area contributed by atoms with Gasteiger partial charge in [0.15, 0.2) is 11.5 Å². The summed E-state index contributed by atoms with van der Waals surface area (Å²) in [4.78, 5) is 40.5. The molecule has 0 aliphatic carbocycles. The molecule has 2 aliphatic heterocycles. The number of amides is 3. The predicted molar refractivity (Wildman–Crippen MR) is 130 cm³/mol. The van der Waals surface area contributed by atoms with Crippen molar-refractivity contribution in [1.82, 2.24) is 9.80 Å². The maximum atomic E-state index is 12.8. The molecule has 0 atom stereocenters. The molecule has 2 fully saturated rings. The van der Waals surface area contributed by atoms with Gasteiger partial charge in [-0.2, -0.15) is 0 Å². The standard InChI is InChI=1S/C24H23BrN2O5S/c1-31-20-12-17(6-9-19(20)32-15-16-4-7-18(25)8-5-16)13-21-23(29)27(24(30)33-21)14-22(28)26-10-2-3-11-26/h4-9,12-13H,2-3,10-11,14-15H2,1H3/b21-13-. The zero-order valence-electron chi connectivity index (χ0n) is 18.1. The number of benzene rings is 2. The second kappa shape index (κ2) is 10.4. The van der Waals surface area contributed by atoms with Crippen molar-refractivity contribution in [2.45, 2.75) is 19.4 Å². The molecule has 9 heteroatoms. The first-order valence-electron chi connectivity index (χ1n) is 10.5. The van der Waals surface area contributed by atoms with Crippen molar-refractivity contribution in [2.75, 3.05) is 26.7 Å². The summed E-state index contributed by atoms with van der Waals surface area (Å²) in [5.74, 6) is 0.447. The van der Waals surface area contributed by atoms with E-state index in [-0.39, 0.29) is 17.4 Å². The van der Waals surface area contributed by atoms with Crippen molar-refractivity contribution in [3.8, 4) is 11.5 Å². The number of thioether (sulfide) groups is 1. The molecule has 4 rings (SSSR count). The minimum Gasteiger partial charge on any atom is -0.493 e. The molecule has 0 unspecified atom stereocenters. The number of likely N-dealkylation sites (tertiary alicyclic amines) is 1. The molecule has 2 aromatic carbocycles. The lowest BCUT2D eigenvalue weighted by Crippen LogP contribution is -2.40. The van der Waals surface area contributed by atoms with Gasteiger partial charge < -0.3 is 14.4 Å². The lowest BCUT2D eigenvalue weighted by Gasteiger charge is -2.18. The first kappa shape index (κ1) is 23.4. The summed E-state index contributed by atoms with van der Waals surface area (Å²) in [6.45, 7) is 1.53. The van der Waals surface area contributed by atoms with Gasteiger partial charge in [-0.1, -0.05) is 34.1 Å². The van der Waals surface area contributed by atoms with Crippen molar-refractivity contribution in [2.24, 2.45) is 0 Å². The zero-order valence-corrected chi connectivity index (χ0v) is 20.5. The van der Waals surface area contributed by atoms with Gasteiger partial charge in [-0.25, -0.2) is 0 Å². The third-order valence-electron chi connectivity index (χ3n) is 5.42. The molecule has 0 N–H and O–H groups in total. The Hall–Kier alpha value is -2.78. The summed E-state index contributed by atoms with van der Waals surface area (Å²) in [6.07, 6.45) is 3.54. The maximum absolute atomic E-state index is 12.8. The number of hydrogen-bond donors (Lipinski definition) is 0. The van der Waals surface area contributed by atoms with E-state index >= 15 is 0 Å². The maximum Gasteiger partial charge on any atom is 0.294 e. The number of imide groups is 1. The second-order valence-corrected chi connectivity index (χ2v) is 9.59. The highest BCUT2D eigenvalue weighted by atomic mass is 79.9. The summed E-state index contributed by atoms with van der Waals surface area (Å²) < 4.78 is 12.3. The topological polar surface area (TPSA) is 76.2 Å². The predicted octanol–water partition coefficient (Wildman–Crippen LogP) is 4.70. The minimum atomic E-state index is -0.452. The van der Waals surface area contributed by atoms with E-state index in [1.807, 2.05) is 24.3 Å². The molecule has 0 bridgehead atoms. The summed E-state index contributed by atoms with van der Waals surface area (Å²) in [5.41, 5.74) is 1.71. The van der Waals surface area contributed by atoms with Crippen LogP contribution in [0.1, 0.15) is 24.0 Å². The Morgan fingerprint density at radius 2 is 1.82 bits per heavy atom. The van der Waals surface area contributed by atoms with Crippen molar-refractivity contribution >= 4 is 50.8 Å². The summed E-state index contributed by atoms with van der Waals surface area (Å²) in [7, 11) is 1.55. The average molecular weight is 531 g/mol. The van der Waals surface area contributed by atoms with E-state index in [2.05, 4.69) is 15.9 Å². The summed E-state index contributed by atoms with van der Waals surface area (Å²) >= 11 is 4.25. The largest absolute Gasteiger partial charge is 0.493 e. The van der Waals surface area contributed by atoms with Crippen LogP contribution in [0.25, 0.3) is 6.08 Å². The Morgan fingerprint density at radius 3 is 2.52 bits per heavy atom. The second-order valence-electron chi connectivity index (χ2n) is 7.68. The molecule has 0 aromatic heterocycles. The molecule has 2 aromatic rings. The first-order valence-corrected chi connectivity index (χ1v) is 12.1. The fourth-order valence-electron chi connectivity index (χ4n) is 3.62. The van der Waals surface area contributed by atoms with Crippen molar-refractivity contribution in [3.05, 3.63) is 63.0 Å². The van der Waals surface area contributed by atoms with Gasteiger partial charge >= 0.3 is 0 Å². The van der Waals surface area contributed by atoms with Crippen molar-refractivity contribution in [3.63, 3.8) is 0 Å². The van der Waals surface area contributed by atoms with Gasteiger partial charge in [0, 0.05) is 17.6 Å². The van der Waals surface area contributed by atoms with E-state index in [1.54, 1.807) is 36.3 Å². The Morgan fingerprint density at radius 1 is 1.09 bits per heavy atom. The van der Waals surface area contributed by atoms with Crippen molar-refractivity contribution in [1.29, 1.82) is 0 Å². The molecule has 3 amide bonds. The Bertz CT molecular complexity index is 1100. The van der Waals surface area contributed by atoms with Crippen LogP contribution in [0.4, 0.5) is 4.79 Å². The van der Waals surface area contributed by atoms with Gasteiger partial charge in [0.2, 0.25) is 5.91 Å². The molecule has 0 spiro atoms. The third-order valence-corrected chi connectivity index (χ3v) is 6.85. The fourth-order valence-corrected chi connectivity index (χ4v) is 4.73. The third kappa shape index (κ3) is 5.59. The van der Waals surface area contributed by atoms with E-state index in [9.17, 15) is 14.4 Å². The highest BCUT2D eigenvalue weighted by Gasteiger charge is 2.37. The van der Waals surface area contributed by atoms with Gasteiger partial charge in [-0.15, -0.1) is 0 Å². The lowest BCUT2D eigenvalue weighted by atomic mass is 10.1. The van der Waals surface area contributed by atoms with Crippen LogP contribution in [0.15, 0.2) is 51.8 Å².